The smallest absolute Gasteiger partial charge is 0.250 e. The minimum Gasteiger partial charge on any atom is -0.355 e. The highest BCUT2D eigenvalue weighted by molar-refractivity contribution is 7.16. The normalized spacial score (nSPS) is 11.2. The fraction of sp³-hybridized carbons (Fsp3) is 0.0357. The van der Waals surface area contributed by atoms with Gasteiger partial charge in [0.05, 0.1) is 27.8 Å². The maximum Gasteiger partial charge on any atom is 0.250 e. The van der Waals surface area contributed by atoms with Gasteiger partial charge in [0.1, 0.15) is 5.82 Å². The Hall–Kier alpha value is -4.36. The molecule has 1 N–H and O–H groups in total. The molecule has 0 aliphatic heterocycles. The number of nitrogens with one attached hydrogen (secondary N) is 1. The molecule has 0 spiro atoms. The molecular weight excluding hydrogens is 459 g/mol. The Balaban J connectivity index is 1.34. The van der Waals surface area contributed by atoms with Gasteiger partial charge in [-0.3, -0.25) is 9.78 Å². The van der Waals surface area contributed by atoms with Crippen LogP contribution in [0, 0.1) is 5.82 Å². The third-order valence-corrected chi connectivity index (χ3v) is 6.76. The quantitative estimate of drug-likeness (QED) is 0.303. The second-order valence-electron chi connectivity index (χ2n) is 8.23. The third kappa shape index (κ3) is 4.18. The van der Waals surface area contributed by atoms with Crippen molar-refractivity contribution in [2.75, 3.05) is 5.32 Å². The van der Waals surface area contributed by atoms with Gasteiger partial charge in [0.15, 0.2) is 0 Å². The number of pyridine rings is 2. The van der Waals surface area contributed by atoms with E-state index in [9.17, 15) is 4.79 Å². The van der Waals surface area contributed by atoms with E-state index in [0.29, 0.717) is 12.1 Å². The number of hydrogen-bond acceptors (Lipinski definition) is 5. The molecule has 3 heterocycles. The van der Waals surface area contributed by atoms with E-state index >= 15 is 4.39 Å². The van der Waals surface area contributed by atoms with Crippen LogP contribution in [0.15, 0.2) is 102 Å². The van der Waals surface area contributed by atoms with Gasteiger partial charge < -0.3 is 9.88 Å². The van der Waals surface area contributed by atoms with Crippen molar-refractivity contribution in [2.24, 2.45) is 0 Å². The van der Waals surface area contributed by atoms with Crippen LogP contribution in [0.1, 0.15) is 5.56 Å². The summed E-state index contributed by atoms with van der Waals surface area (Å²) in [7, 11) is 0. The van der Waals surface area contributed by atoms with Gasteiger partial charge in [-0.1, -0.05) is 24.3 Å². The van der Waals surface area contributed by atoms with E-state index in [4.69, 9.17) is 0 Å². The first-order valence-corrected chi connectivity index (χ1v) is 12.0. The van der Waals surface area contributed by atoms with Gasteiger partial charge in [-0.15, -0.1) is 11.3 Å². The first kappa shape index (κ1) is 21.2. The molecule has 0 saturated carbocycles. The van der Waals surface area contributed by atoms with E-state index in [1.54, 1.807) is 46.5 Å². The van der Waals surface area contributed by atoms with Gasteiger partial charge >= 0.3 is 0 Å². The molecule has 5 nitrogen and oxygen atoms in total. The highest BCUT2D eigenvalue weighted by atomic mass is 32.1. The highest BCUT2D eigenvalue weighted by Crippen LogP contribution is 2.32. The van der Waals surface area contributed by atoms with Gasteiger partial charge in [-0.05, 0) is 59.7 Å². The van der Waals surface area contributed by atoms with Crippen LogP contribution < -0.4 is 10.9 Å². The molecule has 0 saturated heterocycles. The van der Waals surface area contributed by atoms with Crippen LogP contribution in [0.25, 0.3) is 32.2 Å². The lowest BCUT2D eigenvalue weighted by molar-refractivity contribution is 0.626. The molecule has 0 bridgehead atoms. The number of halogens is 1. The number of rotatable bonds is 5. The summed E-state index contributed by atoms with van der Waals surface area (Å²) in [4.78, 5) is 20.9. The van der Waals surface area contributed by atoms with Gasteiger partial charge in [0.25, 0.3) is 5.56 Å². The molecule has 0 unspecified atom stereocenters. The van der Waals surface area contributed by atoms with Crippen molar-refractivity contribution in [3.8, 4) is 11.1 Å². The van der Waals surface area contributed by atoms with Crippen LogP contribution in [0.4, 0.5) is 15.8 Å². The maximum atomic E-state index is 15.2. The Morgan fingerprint density at radius 3 is 2.74 bits per heavy atom. The molecule has 0 aliphatic carbocycles. The van der Waals surface area contributed by atoms with Crippen LogP contribution in [0.5, 0.6) is 0 Å². The zero-order valence-electron chi connectivity index (χ0n) is 18.5. The number of nitrogens with zero attached hydrogens (tertiary/aromatic N) is 3. The molecule has 0 radical (unpaired) electrons. The maximum absolute atomic E-state index is 15.2. The topological polar surface area (TPSA) is 59.8 Å². The molecule has 3 aromatic heterocycles. The fourth-order valence-corrected chi connectivity index (χ4v) is 4.85. The van der Waals surface area contributed by atoms with Crippen LogP contribution in [-0.2, 0) is 6.54 Å². The van der Waals surface area contributed by atoms with Crippen molar-refractivity contribution in [3.63, 3.8) is 0 Å². The molecule has 0 aliphatic rings. The van der Waals surface area contributed by atoms with Crippen LogP contribution in [0.2, 0.25) is 0 Å². The Kier molecular flexibility index (Phi) is 5.31. The lowest BCUT2D eigenvalue weighted by Gasteiger charge is -2.12. The SMILES string of the molecule is O=c1ccccn1Cc1ccc(-c2ccc3nccc(Nc4ccc5scnc5c4)c3c2)c(F)c1. The van der Waals surface area contributed by atoms with Gasteiger partial charge in [0.2, 0.25) is 0 Å². The van der Waals surface area contributed by atoms with Crippen LogP contribution >= 0.6 is 11.3 Å². The lowest BCUT2D eigenvalue weighted by Crippen LogP contribution is -2.18. The number of fused-ring (bicyclic) bond motifs is 2. The largest absolute Gasteiger partial charge is 0.355 e. The Morgan fingerprint density at radius 1 is 0.914 bits per heavy atom. The molecule has 170 valence electrons. The summed E-state index contributed by atoms with van der Waals surface area (Å²) < 4.78 is 17.9. The minimum atomic E-state index is -0.335. The number of benzene rings is 3. The lowest BCUT2D eigenvalue weighted by atomic mass is 10.0. The molecule has 0 atom stereocenters. The molecule has 7 heteroatoms. The molecule has 35 heavy (non-hydrogen) atoms. The van der Waals surface area contributed by atoms with Crippen LogP contribution in [-0.4, -0.2) is 14.5 Å². The van der Waals surface area contributed by atoms with E-state index in [-0.39, 0.29) is 11.4 Å². The zero-order valence-corrected chi connectivity index (χ0v) is 19.3. The van der Waals surface area contributed by atoms with Crippen molar-refractivity contribution in [1.82, 2.24) is 14.5 Å². The fourth-order valence-electron chi connectivity index (χ4n) is 4.19. The van der Waals surface area contributed by atoms with E-state index in [1.165, 1.54) is 12.1 Å². The average Bonchev–Trinajstić information content (AvgIpc) is 3.34. The van der Waals surface area contributed by atoms with E-state index < -0.39 is 0 Å². The second kappa shape index (κ2) is 8.77. The van der Waals surface area contributed by atoms with Crippen molar-refractivity contribution in [2.45, 2.75) is 6.54 Å². The molecule has 6 rings (SSSR count). The number of hydrogen-bond donors (Lipinski definition) is 1. The first-order chi connectivity index (χ1) is 17.1. The third-order valence-electron chi connectivity index (χ3n) is 5.95. The summed E-state index contributed by atoms with van der Waals surface area (Å²) in [6, 6.07) is 23.8. The minimum absolute atomic E-state index is 0.118. The monoisotopic (exact) mass is 478 g/mol. The number of aromatic nitrogens is 3. The number of anilines is 2. The van der Waals surface area contributed by atoms with Crippen molar-refractivity contribution < 1.29 is 4.39 Å². The summed E-state index contributed by atoms with van der Waals surface area (Å²) >= 11 is 1.61. The van der Waals surface area contributed by atoms with Crippen molar-refractivity contribution in [1.29, 1.82) is 0 Å². The Bertz CT molecular complexity index is 1760. The standard InChI is InChI=1S/C28H19FN4OS/c29-23-13-18(16-33-12-2-1-3-28(33)34)4-7-21(23)19-5-8-24-22(14-19)25(10-11-30-24)32-20-6-9-27-26(15-20)31-17-35-27/h1-15,17H,16H2,(H,30,32). The zero-order chi connectivity index (χ0) is 23.8. The number of thiazole rings is 1. The molecular formula is C28H19FN4OS. The predicted octanol–water partition coefficient (Wildman–Crippen LogP) is 6.60. The van der Waals surface area contributed by atoms with E-state index in [2.05, 4.69) is 15.3 Å². The summed E-state index contributed by atoms with van der Waals surface area (Å²) in [5, 5.41) is 4.35. The summed E-state index contributed by atoms with van der Waals surface area (Å²) in [5.74, 6) is -0.335. The van der Waals surface area contributed by atoms with Crippen LogP contribution in [0.3, 0.4) is 0 Å². The summed E-state index contributed by atoms with van der Waals surface area (Å²) in [6.45, 7) is 0.315. The molecule has 3 aromatic carbocycles. The van der Waals surface area contributed by atoms with E-state index in [1.807, 2.05) is 54.0 Å². The average molecular weight is 479 g/mol. The van der Waals surface area contributed by atoms with Gasteiger partial charge in [-0.25, -0.2) is 9.37 Å². The van der Waals surface area contributed by atoms with E-state index in [0.717, 1.165) is 43.6 Å². The summed E-state index contributed by atoms with van der Waals surface area (Å²) in [5.41, 5.74) is 7.25. The van der Waals surface area contributed by atoms with Gasteiger partial charge in [0, 0.05) is 40.8 Å². The van der Waals surface area contributed by atoms with Crippen molar-refractivity contribution >= 4 is 43.8 Å². The Morgan fingerprint density at radius 2 is 1.86 bits per heavy atom. The predicted molar refractivity (Wildman–Crippen MR) is 140 cm³/mol. The first-order valence-electron chi connectivity index (χ1n) is 11.1. The Labute approximate surface area is 204 Å². The molecule has 0 fully saturated rings. The molecule has 6 aromatic rings. The summed E-state index contributed by atoms with van der Waals surface area (Å²) in [6.07, 6.45) is 3.46. The van der Waals surface area contributed by atoms with Gasteiger partial charge in [-0.2, -0.15) is 0 Å². The second-order valence-corrected chi connectivity index (χ2v) is 9.12. The van der Waals surface area contributed by atoms with Crippen molar-refractivity contribution in [3.05, 3.63) is 119 Å². The highest BCUT2D eigenvalue weighted by Gasteiger charge is 2.11. The molecule has 0 amide bonds.